The Morgan fingerprint density at radius 1 is 1.26 bits per heavy atom. The lowest BCUT2D eigenvalue weighted by Crippen LogP contribution is -2.26. The monoisotopic (exact) mass is 259 g/mol. The van der Waals surface area contributed by atoms with Gasteiger partial charge in [-0.1, -0.05) is 11.6 Å². The maximum atomic E-state index is 5.36. The van der Waals surface area contributed by atoms with Gasteiger partial charge in [-0.2, -0.15) is 4.98 Å². The van der Waals surface area contributed by atoms with Gasteiger partial charge in [0.1, 0.15) is 5.75 Å². The Balaban J connectivity index is 1.79. The summed E-state index contributed by atoms with van der Waals surface area (Å²) in [6.45, 7) is 1.02. The number of hydrogen-bond acceptors (Lipinski definition) is 5. The summed E-state index contributed by atoms with van der Waals surface area (Å²) in [5.74, 6) is 2.14. The Bertz CT molecular complexity index is 530. The largest absolute Gasteiger partial charge is 0.497 e. The predicted octanol–water partition coefficient (Wildman–Crippen LogP) is 2.56. The Morgan fingerprint density at radius 2 is 2.11 bits per heavy atom. The lowest BCUT2D eigenvalue weighted by molar-refractivity contribution is 0.297. The molecule has 100 valence electrons. The maximum Gasteiger partial charge on any atom is 0.244 e. The molecule has 0 radical (unpaired) electrons. The first-order chi connectivity index (χ1) is 9.36. The van der Waals surface area contributed by atoms with Crippen molar-refractivity contribution in [2.75, 3.05) is 13.7 Å². The summed E-state index contributed by atoms with van der Waals surface area (Å²) in [7, 11) is 1.65. The van der Waals surface area contributed by atoms with Crippen molar-refractivity contribution in [3.05, 3.63) is 30.2 Å². The second kappa shape index (κ2) is 5.40. The van der Waals surface area contributed by atoms with Crippen LogP contribution in [0.1, 0.15) is 31.2 Å². The minimum Gasteiger partial charge on any atom is -0.497 e. The van der Waals surface area contributed by atoms with Crippen LogP contribution in [0, 0.1) is 0 Å². The van der Waals surface area contributed by atoms with Gasteiger partial charge in [-0.05, 0) is 43.7 Å². The van der Waals surface area contributed by atoms with Gasteiger partial charge in [-0.3, -0.25) is 0 Å². The van der Waals surface area contributed by atoms with Gasteiger partial charge in [0.05, 0.1) is 13.2 Å². The summed E-state index contributed by atoms with van der Waals surface area (Å²) in [6.07, 6.45) is 3.48. The number of nitrogens with one attached hydrogen (secondary N) is 1. The number of methoxy groups -OCH3 is 1. The molecule has 1 atom stereocenters. The van der Waals surface area contributed by atoms with Gasteiger partial charge >= 0.3 is 0 Å². The Morgan fingerprint density at radius 3 is 2.79 bits per heavy atom. The van der Waals surface area contributed by atoms with Crippen LogP contribution >= 0.6 is 0 Å². The van der Waals surface area contributed by atoms with E-state index in [9.17, 15) is 0 Å². The summed E-state index contributed by atoms with van der Waals surface area (Å²) >= 11 is 0. The SMILES string of the molecule is COc1ccc(-c2noc([C@@H]3CCCCN3)n2)cc1. The van der Waals surface area contributed by atoms with E-state index in [0.29, 0.717) is 11.7 Å². The highest BCUT2D eigenvalue weighted by Crippen LogP contribution is 2.25. The Hall–Kier alpha value is -1.88. The number of ether oxygens (including phenoxy) is 1. The fraction of sp³-hybridized carbons (Fsp3) is 0.429. The van der Waals surface area contributed by atoms with E-state index in [1.165, 1.54) is 12.8 Å². The zero-order chi connectivity index (χ0) is 13.1. The van der Waals surface area contributed by atoms with Crippen molar-refractivity contribution in [3.63, 3.8) is 0 Å². The number of aromatic nitrogens is 2. The van der Waals surface area contributed by atoms with Crippen molar-refractivity contribution >= 4 is 0 Å². The van der Waals surface area contributed by atoms with E-state index in [-0.39, 0.29) is 6.04 Å². The normalized spacial score (nSPS) is 19.3. The van der Waals surface area contributed by atoms with Crippen LogP contribution in [0.3, 0.4) is 0 Å². The highest BCUT2D eigenvalue weighted by Gasteiger charge is 2.21. The van der Waals surface area contributed by atoms with E-state index in [4.69, 9.17) is 9.26 Å². The number of hydrogen-bond donors (Lipinski definition) is 1. The lowest BCUT2D eigenvalue weighted by atomic mass is 10.1. The van der Waals surface area contributed by atoms with Gasteiger partial charge in [0.15, 0.2) is 0 Å². The summed E-state index contributed by atoms with van der Waals surface area (Å²) in [4.78, 5) is 4.48. The molecule has 0 spiro atoms. The molecule has 1 fully saturated rings. The van der Waals surface area contributed by atoms with Crippen LogP contribution in [0.5, 0.6) is 5.75 Å². The molecule has 0 amide bonds. The van der Waals surface area contributed by atoms with Crippen LogP contribution in [-0.2, 0) is 0 Å². The van der Waals surface area contributed by atoms with Crippen molar-refractivity contribution in [1.29, 1.82) is 0 Å². The molecule has 1 N–H and O–H groups in total. The highest BCUT2D eigenvalue weighted by atomic mass is 16.5. The molecule has 2 heterocycles. The van der Waals surface area contributed by atoms with Gasteiger partial charge in [-0.15, -0.1) is 0 Å². The van der Waals surface area contributed by atoms with E-state index in [2.05, 4.69) is 15.5 Å². The highest BCUT2D eigenvalue weighted by molar-refractivity contribution is 5.55. The second-order valence-corrected chi connectivity index (χ2v) is 4.69. The first-order valence-corrected chi connectivity index (χ1v) is 6.58. The standard InChI is InChI=1S/C14H17N3O2/c1-18-11-7-5-10(6-8-11)13-16-14(19-17-13)12-4-2-3-9-15-12/h5-8,12,15H,2-4,9H2,1H3/t12-/m0/s1. The minimum atomic E-state index is 0.202. The van der Waals surface area contributed by atoms with Gasteiger partial charge < -0.3 is 14.6 Å². The van der Waals surface area contributed by atoms with Crippen LogP contribution in [0.4, 0.5) is 0 Å². The molecule has 5 nitrogen and oxygen atoms in total. The summed E-state index contributed by atoms with van der Waals surface area (Å²) in [6, 6.07) is 7.85. The molecule has 1 aromatic carbocycles. The van der Waals surface area contributed by atoms with Gasteiger partial charge in [0, 0.05) is 5.56 Å². The summed E-state index contributed by atoms with van der Waals surface area (Å²) < 4.78 is 10.5. The van der Waals surface area contributed by atoms with Crippen molar-refractivity contribution in [2.24, 2.45) is 0 Å². The Labute approximate surface area is 112 Å². The predicted molar refractivity (Wildman–Crippen MR) is 70.9 cm³/mol. The second-order valence-electron chi connectivity index (χ2n) is 4.69. The minimum absolute atomic E-state index is 0.202. The molecule has 0 aliphatic carbocycles. The molecule has 3 rings (SSSR count). The Kier molecular flexibility index (Phi) is 3.46. The quantitative estimate of drug-likeness (QED) is 0.918. The first-order valence-electron chi connectivity index (χ1n) is 6.58. The van der Waals surface area contributed by atoms with Gasteiger partial charge in [0.2, 0.25) is 11.7 Å². The van der Waals surface area contributed by atoms with E-state index in [0.717, 1.165) is 24.3 Å². The third-order valence-corrected chi connectivity index (χ3v) is 3.40. The first kappa shape index (κ1) is 12.2. The summed E-state index contributed by atoms with van der Waals surface area (Å²) in [5, 5.41) is 7.45. The molecular formula is C14H17N3O2. The number of rotatable bonds is 3. The number of piperidine rings is 1. The van der Waals surface area contributed by atoms with Gasteiger partial charge in [-0.25, -0.2) is 0 Å². The molecule has 1 saturated heterocycles. The van der Waals surface area contributed by atoms with Crippen LogP contribution in [0.15, 0.2) is 28.8 Å². The zero-order valence-corrected chi connectivity index (χ0v) is 10.9. The molecule has 2 aromatic rings. The molecule has 0 saturated carbocycles. The molecule has 1 aliphatic rings. The maximum absolute atomic E-state index is 5.36. The molecule has 1 aromatic heterocycles. The van der Waals surface area contributed by atoms with E-state index < -0.39 is 0 Å². The van der Waals surface area contributed by atoms with E-state index in [1.807, 2.05) is 24.3 Å². The fourth-order valence-corrected chi connectivity index (χ4v) is 2.30. The lowest BCUT2D eigenvalue weighted by Gasteiger charge is -2.19. The van der Waals surface area contributed by atoms with Crippen molar-refractivity contribution in [3.8, 4) is 17.1 Å². The van der Waals surface area contributed by atoms with Crippen LogP contribution in [0.25, 0.3) is 11.4 Å². The molecule has 0 bridgehead atoms. The van der Waals surface area contributed by atoms with Crippen molar-refractivity contribution < 1.29 is 9.26 Å². The molecular weight excluding hydrogens is 242 g/mol. The van der Waals surface area contributed by atoms with Crippen molar-refractivity contribution in [2.45, 2.75) is 25.3 Å². The molecule has 1 aliphatic heterocycles. The molecule has 19 heavy (non-hydrogen) atoms. The smallest absolute Gasteiger partial charge is 0.244 e. The third-order valence-electron chi connectivity index (χ3n) is 3.40. The number of nitrogens with zero attached hydrogens (tertiary/aromatic N) is 2. The van der Waals surface area contributed by atoms with E-state index >= 15 is 0 Å². The third kappa shape index (κ3) is 2.61. The van der Waals surface area contributed by atoms with Crippen molar-refractivity contribution in [1.82, 2.24) is 15.5 Å². The molecule has 0 unspecified atom stereocenters. The van der Waals surface area contributed by atoms with E-state index in [1.54, 1.807) is 7.11 Å². The van der Waals surface area contributed by atoms with Gasteiger partial charge in [0.25, 0.3) is 0 Å². The van der Waals surface area contributed by atoms with Crippen LogP contribution in [0.2, 0.25) is 0 Å². The fourth-order valence-electron chi connectivity index (χ4n) is 2.30. The summed E-state index contributed by atoms with van der Waals surface area (Å²) in [5.41, 5.74) is 0.937. The average molecular weight is 259 g/mol. The van der Waals surface area contributed by atoms with Crippen LogP contribution < -0.4 is 10.1 Å². The zero-order valence-electron chi connectivity index (χ0n) is 10.9. The van der Waals surface area contributed by atoms with Crippen LogP contribution in [-0.4, -0.2) is 23.8 Å². The average Bonchev–Trinajstić information content (AvgIpc) is 2.98. The topological polar surface area (TPSA) is 60.2 Å². The number of benzene rings is 1. The molecule has 5 heteroatoms.